The number of thiophene rings is 1. The van der Waals surface area contributed by atoms with Crippen LogP contribution in [0.15, 0.2) is 48.6 Å². The number of unbranched alkanes of at least 4 members (excludes halogenated alkanes) is 2. The summed E-state index contributed by atoms with van der Waals surface area (Å²) in [7, 11) is -15.0. The molecule has 4 rings (SSSR count). The molecule has 0 aliphatic carbocycles. The van der Waals surface area contributed by atoms with Crippen molar-refractivity contribution < 1.29 is 151 Å². The van der Waals surface area contributed by atoms with E-state index in [0.717, 1.165) is 6.07 Å². The van der Waals surface area contributed by atoms with Crippen LogP contribution >= 0.6 is 11.3 Å². The van der Waals surface area contributed by atoms with E-state index in [2.05, 4.69) is 0 Å². The Bertz CT molecular complexity index is 2100. The van der Waals surface area contributed by atoms with Crippen molar-refractivity contribution >= 4 is 76.1 Å². The standard InChI is InChI=1S/C26H28N2O15S4.3Na/c29-21-8-9-22(30)28(21)43-23(31)5-2-1-3-10-27(11-4-12-45(33,34)35)17-7-6-16-13-18(26(32)42-19(16)14-17)25-20(46(36,37)38)15-24(44-25)47(39,40)41;;;/h6-7,13-15H,1-5,8-12H2,(H,33,34,35)(H,36,37,38)(H,39,40,41);;;/q;3*+1/p-3. The smallest absolute Gasteiger partial charge is 0.748 e. The third kappa shape index (κ3) is 13.0. The number of imide groups is 1. The molecule has 1 fully saturated rings. The molecule has 24 heteroatoms. The Labute approximate surface area is 357 Å². The summed E-state index contributed by atoms with van der Waals surface area (Å²) in [6.45, 7) is 0.375. The van der Waals surface area contributed by atoms with E-state index in [1.165, 1.54) is 12.1 Å². The summed E-state index contributed by atoms with van der Waals surface area (Å²) in [6.07, 6.45) is 1.04. The molecule has 1 saturated heterocycles. The number of anilines is 1. The number of hydroxylamine groups is 2. The van der Waals surface area contributed by atoms with E-state index in [-0.39, 0.29) is 150 Å². The second-order valence-electron chi connectivity index (χ2n) is 10.3. The first-order chi connectivity index (χ1) is 21.8. The largest absolute Gasteiger partial charge is 1.00 e. The van der Waals surface area contributed by atoms with E-state index < -0.39 is 79.1 Å². The minimum atomic E-state index is -5.31. The summed E-state index contributed by atoms with van der Waals surface area (Å²) in [5, 5.41) is 0.669. The summed E-state index contributed by atoms with van der Waals surface area (Å²) < 4.78 is 108. The number of carbonyl (C=O) groups is 3. The summed E-state index contributed by atoms with van der Waals surface area (Å²) in [5.74, 6) is -2.61. The van der Waals surface area contributed by atoms with Gasteiger partial charge in [-0.15, -0.1) is 16.4 Å². The number of rotatable bonds is 15. The van der Waals surface area contributed by atoms with Crippen LogP contribution in [-0.2, 0) is 49.6 Å². The second kappa shape index (κ2) is 19.6. The molecule has 2 aromatic heterocycles. The molecule has 0 atom stereocenters. The van der Waals surface area contributed by atoms with Crippen LogP contribution in [0.1, 0.15) is 44.9 Å². The van der Waals surface area contributed by atoms with Crippen LogP contribution in [-0.4, -0.2) is 80.6 Å². The second-order valence-corrected chi connectivity index (χ2v) is 15.8. The molecule has 17 nitrogen and oxygen atoms in total. The Balaban J connectivity index is 0.00000417. The first-order valence-electron chi connectivity index (χ1n) is 13.7. The maximum Gasteiger partial charge on any atom is 1.00 e. The van der Waals surface area contributed by atoms with Crippen molar-refractivity contribution in [3.63, 3.8) is 0 Å². The van der Waals surface area contributed by atoms with Crippen molar-refractivity contribution in [3.05, 3.63) is 40.8 Å². The van der Waals surface area contributed by atoms with E-state index in [9.17, 15) is 58.1 Å². The van der Waals surface area contributed by atoms with Crippen LogP contribution in [0.5, 0.6) is 0 Å². The predicted octanol–water partition coefficient (Wildman–Crippen LogP) is -7.75. The molecule has 1 aliphatic rings. The first kappa shape index (κ1) is 47.3. The Morgan fingerprint density at radius 2 is 1.46 bits per heavy atom. The average molecular weight is 803 g/mol. The van der Waals surface area contributed by atoms with Gasteiger partial charge < -0.3 is 27.8 Å². The summed E-state index contributed by atoms with van der Waals surface area (Å²) >= 11 is 0.127. The molecule has 0 N–H and O–H groups in total. The zero-order chi connectivity index (χ0) is 34.7. The van der Waals surface area contributed by atoms with Crippen molar-refractivity contribution in [2.75, 3.05) is 23.7 Å². The molecule has 0 unspecified atom stereocenters. The quantitative estimate of drug-likeness (QED) is 0.0454. The number of amides is 2. The fraction of sp³-hybridized carbons (Fsp3) is 0.385. The van der Waals surface area contributed by atoms with Crippen molar-refractivity contribution in [3.8, 4) is 10.4 Å². The fourth-order valence-electron chi connectivity index (χ4n) is 4.66. The topological polar surface area (TPSA) is 269 Å². The average Bonchev–Trinajstić information content (AvgIpc) is 3.55. The monoisotopic (exact) mass is 802 g/mol. The predicted molar refractivity (Wildman–Crippen MR) is 159 cm³/mol. The molecule has 256 valence electrons. The Kier molecular flexibility index (Phi) is 18.5. The molecule has 2 amide bonds. The van der Waals surface area contributed by atoms with E-state index in [4.69, 9.17) is 9.25 Å². The van der Waals surface area contributed by atoms with Gasteiger partial charge in [0.05, 0.1) is 25.5 Å². The minimum Gasteiger partial charge on any atom is -0.748 e. The Morgan fingerprint density at radius 1 is 0.840 bits per heavy atom. The maximum atomic E-state index is 12.9. The molecule has 0 saturated carbocycles. The summed E-state index contributed by atoms with van der Waals surface area (Å²) in [6, 6.07) is 5.96. The van der Waals surface area contributed by atoms with Crippen molar-refractivity contribution in [2.24, 2.45) is 0 Å². The molecule has 3 aromatic rings. The Morgan fingerprint density at radius 3 is 2.04 bits per heavy atom. The van der Waals surface area contributed by atoms with E-state index in [1.807, 2.05) is 0 Å². The molecule has 0 bridgehead atoms. The number of carbonyl (C=O) groups excluding carboxylic acids is 3. The zero-order valence-electron chi connectivity index (χ0n) is 27.1. The van der Waals surface area contributed by atoms with Gasteiger partial charge in [-0.25, -0.2) is 34.8 Å². The fourth-order valence-corrected chi connectivity index (χ4v) is 8.03. The molecular weight excluding hydrogens is 778 g/mol. The SMILES string of the molecule is O=C(CCCCCN(CCCS(=O)(=O)[O-])c1ccc2cc(-c3sc(S(=O)(=O)[O-])cc3S(=O)(=O)[O-])c(=O)oc2c1)ON1C(=O)CCC1=O.[Na+].[Na+].[Na+]. The first-order valence-corrected chi connectivity index (χ1v) is 18.9. The molecule has 3 heterocycles. The van der Waals surface area contributed by atoms with Gasteiger partial charge in [-0.2, -0.15) is 0 Å². The maximum absolute atomic E-state index is 12.9. The van der Waals surface area contributed by atoms with Gasteiger partial charge >= 0.3 is 100 Å². The molecule has 0 radical (unpaired) electrons. The van der Waals surface area contributed by atoms with Gasteiger partial charge in [-0.3, -0.25) is 9.59 Å². The van der Waals surface area contributed by atoms with E-state index >= 15 is 0 Å². The van der Waals surface area contributed by atoms with Crippen LogP contribution in [0.2, 0.25) is 0 Å². The molecule has 50 heavy (non-hydrogen) atoms. The van der Waals surface area contributed by atoms with Crippen LogP contribution in [0.4, 0.5) is 5.69 Å². The molecule has 0 spiro atoms. The van der Waals surface area contributed by atoms with Crippen LogP contribution in [0, 0.1) is 0 Å². The van der Waals surface area contributed by atoms with Gasteiger partial charge in [0.2, 0.25) is 0 Å². The summed E-state index contributed by atoms with van der Waals surface area (Å²) in [4.78, 5) is 53.0. The minimum absolute atomic E-state index is 0. The third-order valence-corrected chi connectivity index (χ3v) is 11.1. The normalized spacial score (nSPS) is 13.4. The van der Waals surface area contributed by atoms with Gasteiger partial charge in [0.1, 0.15) is 30.0 Å². The number of benzene rings is 1. The zero-order valence-corrected chi connectivity index (χ0v) is 36.4. The molecular formula is C26H25N2Na3O15S4. The number of fused-ring (bicyclic) bond motifs is 1. The number of hydrogen-bond donors (Lipinski definition) is 0. The Hall–Kier alpha value is -0.730. The van der Waals surface area contributed by atoms with E-state index in [1.54, 1.807) is 11.0 Å². The third-order valence-electron chi connectivity index (χ3n) is 6.85. The van der Waals surface area contributed by atoms with Crippen molar-refractivity contribution in [2.45, 2.75) is 54.1 Å². The van der Waals surface area contributed by atoms with Gasteiger partial charge in [-0.05, 0) is 43.5 Å². The van der Waals surface area contributed by atoms with Crippen LogP contribution in [0.25, 0.3) is 21.4 Å². The van der Waals surface area contributed by atoms with E-state index in [0.29, 0.717) is 36.1 Å². The van der Waals surface area contributed by atoms with Gasteiger partial charge in [0, 0.05) is 55.2 Å². The summed E-state index contributed by atoms with van der Waals surface area (Å²) in [5.41, 5.74) is -1.22. The van der Waals surface area contributed by atoms with Crippen molar-refractivity contribution in [1.82, 2.24) is 5.06 Å². The number of nitrogens with zero attached hydrogens (tertiary/aromatic N) is 2. The van der Waals surface area contributed by atoms with Gasteiger partial charge in [0.15, 0.2) is 0 Å². The van der Waals surface area contributed by atoms with Crippen LogP contribution < -0.4 is 99.2 Å². The molecule has 1 aromatic carbocycles. The van der Waals surface area contributed by atoms with Crippen molar-refractivity contribution in [1.29, 1.82) is 0 Å². The van der Waals surface area contributed by atoms with Crippen LogP contribution in [0.3, 0.4) is 0 Å². The molecule has 1 aliphatic heterocycles. The number of hydrogen-bond acceptors (Lipinski definition) is 17. The van der Waals surface area contributed by atoms with Gasteiger partial charge in [0.25, 0.3) is 11.8 Å². The van der Waals surface area contributed by atoms with Gasteiger partial charge in [-0.1, -0.05) is 6.42 Å².